The number of ketones is 1. The van der Waals surface area contributed by atoms with E-state index in [-0.39, 0.29) is 24.5 Å². The Morgan fingerprint density at radius 3 is 2.60 bits per heavy atom. The highest BCUT2D eigenvalue weighted by Gasteiger charge is 2.10. The number of carbonyl (C=O) groups is 2. The average Bonchev–Trinajstić information content (AvgIpc) is 3.00. The van der Waals surface area contributed by atoms with Gasteiger partial charge in [-0.25, -0.2) is 4.98 Å². The molecule has 6 heteroatoms. The number of nitrogens with one attached hydrogen (secondary N) is 1. The first-order valence-electron chi connectivity index (χ1n) is 8.01. The summed E-state index contributed by atoms with van der Waals surface area (Å²) in [7, 11) is 0. The van der Waals surface area contributed by atoms with E-state index >= 15 is 0 Å². The molecule has 1 N–H and O–H groups in total. The van der Waals surface area contributed by atoms with E-state index in [2.05, 4.69) is 10.3 Å². The predicted molar refractivity (Wildman–Crippen MR) is 96.8 cm³/mol. The summed E-state index contributed by atoms with van der Waals surface area (Å²) in [6, 6.07) is 10.6. The topological polar surface area (TPSA) is 63.5 Å². The number of nitrogens with zero attached hydrogens (tertiary/aromatic N) is 2. The van der Waals surface area contributed by atoms with E-state index in [1.807, 2.05) is 35.9 Å². The van der Waals surface area contributed by atoms with Crippen LogP contribution in [0.4, 0.5) is 0 Å². The van der Waals surface area contributed by atoms with Gasteiger partial charge in [0.15, 0.2) is 5.78 Å². The monoisotopic (exact) mass is 355 g/mol. The summed E-state index contributed by atoms with van der Waals surface area (Å²) in [5, 5.41) is 3.38. The highest BCUT2D eigenvalue weighted by Crippen LogP contribution is 2.12. The minimum atomic E-state index is -0.171. The van der Waals surface area contributed by atoms with Gasteiger partial charge in [0, 0.05) is 35.8 Å². The number of aromatic nitrogens is 2. The molecule has 2 heterocycles. The molecule has 0 aliphatic carbocycles. The quantitative estimate of drug-likeness (QED) is 0.687. The Labute approximate surface area is 150 Å². The summed E-state index contributed by atoms with van der Waals surface area (Å²) in [4.78, 5) is 28.4. The van der Waals surface area contributed by atoms with Gasteiger partial charge >= 0.3 is 0 Å². The molecule has 1 aromatic carbocycles. The number of pyridine rings is 1. The van der Waals surface area contributed by atoms with Crippen LogP contribution in [0.15, 0.2) is 48.8 Å². The van der Waals surface area contributed by atoms with Crippen LogP contribution >= 0.6 is 11.6 Å². The van der Waals surface area contributed by atoms with E-state index in [0.29, 0.717) is 17.1 Å². The molecule has 0 fully saturated rings. The van der Waals surface area contributed by atoms with Crippen LogP contribution in [0.5, 0.6) is 0 Å². The highest BCUT2D eigenvalue weighted by molar-refractivity contribution is 6.30. The molecular weight excluding hydrogens is 338 g/mol. The van der Waals surface area contributed by atoms with Gasteiger partial charge in [0.1, 0.15) is 5.65 Å². The summed E-state index contributed by atoms with van der Waals surface area (Å²) in [5.41, 5.74) is 3.32. The lowest BCUT2D eigenvalue weighted by atomic mass is 10.1. The Balaban J connectivity index is 1.50. The van der Waals surface area contributed by atoms with Crippen LogP contribution in [0, 0.1) is 6.92 Å². The SMILES string of the molecule is Cc1ccc2nc(CNC(=O)CCC(=O)c3ccc(Cl)cc3)cn2c1. The van der Waals surface area contributed by atoms with Crippen LogP contribution in [-0.2, 0) is 11.3 Å². The molecule has 0 atom stereocenters. The maximum atomic E-state index is 12.0. The van der Waals surface area contributed by atoms with Gasteiger partial charge in [-0.15, -0.1) is 0 Å². The standard InChI is InChI=1S/C19H18ClN3O2/c1-13-2-8-18-22-16(12-23(18)11-13)10-21-19(25)9-7-17(24)14-3-5-15(20)6-4-14/h2-6,8,11-12H,7,9-10H2,1H3,(H,21,25). The van der Waals surface area contributed by atoms with Crippen LogP contribution in [-0.4, -0.2) is 21.1 Å². The van der Waals surface area contributed by atoms with Gasteiger partial charge in [0.2, 0.25) is 5.91 Å². The van der Waals surface area contributed by atoms with E-state index in [9.17, 15) is 9.59 Å². The summed E-state index contributed by atoms with van der Waals surface area (Å²) >= 11 is 5.80. The molecule has 0 saturated heterocycles. The number of aryl methyl sites for hydroxylation is 1. The van der Waals surface area contributed by atoms with Gasteiger partial charge in [-0.1, -0.05) is 17.7 Å². The van der Waals surface area contributed by atoms with Crippen LogP contribution in [0.2, 0.25) is 5.02 Å². The second-order valence-corrected chi connectivity index (χ2v) is 6.35. The van der Waals surface area contributed by atoms with Crippen molar-refractivity contribution in [2.45, 2.75) is 26.3 Å². The number of hydrogen-bond donors (Lipinski definition) is 1. The van der Waals surface area contributed by atoms with Crippen molar-refractivity contribution in [2.24, 2.45) is 0 Å². The Kier molecular flexibility index (Phi) is 5.14. The second-order valence-electron chi connectivity index (χ2n) is 5.91. The molecule has 0 bridgehead atoms. The van der Waals surface area contributed by atoms with Crippen molar-refractivity contribution < 1.29 is 9.59 Å². The van der Waals surface area contributed by atoms with Crippen molar-refractivity contribution in [3.8, 4) is 0 Å². The van der Waals surface area contributed by atoms with Crippen LogP contribution < -0.4 is 5.32 Å². The number of Topliss-reactive ketones (excluding diaryl/α,β-unsaturated/α-hetero) is 1. The van der Waals surface area contributed by atoms with E-state index in [1.54, 1.807) is 24.3 Å². The fraction of sp³-hybridized carbons (Fsp3) is 0.211. The van der Waals surface area contributed by atoms with Gasteiger partial charge in [-0.05, 0) is 42.8 Å². The van der Waals surface area contributed by atoms with Crippen molar-refractivity contribution in [1.82, 2.24) is 14.7 Å². The highest BCUT2D eigenvalue weighted by atomic mass is 35.5. The number of rotatable bonds is 6. The summed E-state index contributed by atoms with van der Waals surface area (Å²) < 4.78 is 1.93. The normalized spacial score (nSPS) is 10.8. The maximum Gasteiger partial charge on any atom is 0.220 e. The van der Waals surface area contributed by atoms with Crippen molar-refractivity contribution in [2.75, 3.05) is 0 Å². The molecule has 3 rings (SSSR count). The van der Waals surface area contributed by atoms with E-state index < -0.39 is 0 Å². The maximum absolute atomic E-state index is 12.0. The first-order valence-corrected chi connectivity index (χ1v) is 8.39. The molecule has 0 unspecified atom stereocenters. The molecule has 25 heavy (non-hydrogen) atoms. The number of benzene rings is 1. The molecule has 0 aliphatic heterocycles. The molecule has 0 aliphatic rings. The van der Waals surface area contributed by atoms with Gasteiger partial charge in [-0.3, -0.25) is 9.59 Å². The average molecular weight is 356 g/mol. The number of fused-ring (bicyclic) bond motifs is 1. The minimum Gasteiger partial charge on any atom is -0.350 e. The zero-order chi connectivity index (χ0) is 17.8. The van der Waals surface area contributed by atoms with Crippen molar-refractivity contribution in [3.63, 3.8) is 0 Å². The third kappa shape index (κ3) is 4.45. The van der Waals surface area contributed by atoms with Gasteiger partial charge in [-0.2, -0.15) is 0 Å². The third-order valence-electron chi connectivity index (χ3n) is 3.86. The van der Waals surface area contributed by atoms with Crippen molar-refractivity contribution in [1.29, 1.82) is 0 Å². The molecule has 128 valence electrons. The van der Waals surface area contributed by atoms with E-state index in [4.69, 9.17) is 11.6 Å². The molecular formula is C19H18ClN3O2. The Hall–Kier alpha value is -2.66. The number of amides is 1. The minimum absolute atomic E-state index is 0.0741. The van der Waals surface area contributed by atoms with Crippen molar-refractivity contribution in [3.05, 3.63) is 70.6 Å². The molecule has 2 aromatic heterocycles. The lowest BCUT2D eigenvalue weighted by Crippen LogP contribution is -2.23. The van der Waals surface area contributed by atoms with Crippen LogP contribution in [0.25, 0.3) is 5.65 Å². The first-order chi connectivity index (χ1) is 12.0. The van der Waals surface area contributed by atoms with Crippen LogP contribution in [0.1, 0.15) is 34.5 Å². The van der Waals surface area contributed by atoms with Crippen molar-refractivity contribution >= 4 is 28.9 Å². The van der Waals surface area contributed by atoms with Crippen LogP contribution in [0.3, 0.4) is 0 Å². The fourth-order valence-corrected chi connectivity index (χ4v) is 2.65. The Morgan fingerprint density at radius 1 is 1.08 bits per heavy atom. The third-order valence-corrected chi connectivity index (χ3v) is 4.11. The number of carbonyl (C=O) groups excluding carboxylic acids is 2. The number of imidazole rings is 1. The zero-order valence-corrected chi connectivity index (χ0v) is 14.6. The van der Waals surface area contributed by atoms with E-state index in [1.165, 1.54) is 0 Å². The second kappa shape index (κ2) is 7.49. The molecule has 0 radical (unpaired) electrons. The number of hydrogen-bond acceptors (Lipinski definition) is 3. The molecule has 0 spiro atoms. The fourth-order valence-electron chi connectivity index (χ4n) is 2.53. The lowest BCUT2D eigenvalue weighted by molar-refractivity contribution is -0.121. The smallest absolute Gasteiger partial charge is 0.220 e. The largest absolute Gasteiger partial charge is 0.350 e. The zero-order valence-electron chi connectivity index (χ0n) is 13.8. The predicted octanol–water partition coefficient (Wildman–Crippen LogP) is 3.58. The molecule has 0 saturated carbocycles. The number of halogens is 1. The lowest BCUT2D eigenvalue weighted by Gasteiger charge is -2.03. The first kappa shape index (κ1) is 17.2. The summed E-state index contributed by atoms with van der Waals surface area (Å²) in [6.45, 7) is 2.35. The van der Waals surface area contributed by atoms with E-state index in [0.717, 1.165) is 16.9 Å². The summed E-state index contributed by atoms with van der Waals surface area (Å²) in [5.74, 6) is -0.245. The van der Waals surface area contributed by atoms with Gasteiger partial charge in [0.05, 0.1) is 12.2 Å². The summed E-state index contributed by atoms with van der Waals surface area (Å²) in [6.07, 6.45) is 4.19. The van der Waals surface area contributed by atoms with Gasteiger partial charge < -0.3 is 9.72 Å². The molecule has 5 nitrogen and oxygen atoms in total. The molecule has 3 aromatic rings. The molecule has 1 amide bonds. The van der Waals surface area contributed by atoms with Gasteiger partial charge in [0.25, 0.3) is 0 Å². The Morgan fingerprint density at radius 2 is 1.84 bits per heavy atom. The Bertz CT molecular complexity index is 916.